The average Bonchev–Trinajstić information content (AvgIpc) is 3.40. The van der Waals surface area contributed by atoms with Crippen LogP contribution in [-0.4, -0.2) is 38.8 Å². The van der Waals surface area contributed by atoms with Crippen molar-refractivity contribution in [3.05, 3.63) is 77.5 Å². The molecule has 9 heteroatoms. The third kappa shape index (κ3) is 5.03. The molecule has 0 saturated carbocycles. The first-order valence-corrected chi connectivity index (χ1v) is 10.5. The molecule has 9 nitrogen and oxygen atoms in total. The van der Waals surface area contributed by atoms with Crippen molar-refractivity contribution in [2.45, 2.75) is 38.8 Å². The Morgan fingerprint density at radius 1 is 1.09 bits per heavy atom. The Morgan fingerprint density at radius 3 is 2.48 bits per heavy atom. The van der Waals surface area contributed by atoms with Crippen molar-refractivity contribution in [1.29, 1.82) is 0 Å². The summed E-state index contributed by atoms with van der Waals surface area (Å²) in [6, 6.07) is 15.3. The summed E-state index contributed by atoms with van der Waals surface area (Å²) >= 11 is 0. The molecule has 0 saturated heterocycles. The molecule has 1 amide bonds. The first-order chi connectivity index (χ1) is 15.7. The van der Waals surface area contributed by atoms with Crippen LogP contribution in [0, 0.1) is 0 Å². The second kappa shape index (κ2) is 8.78. The number of benzene rings is 2. The number of hydrazone groups is 1. The van der Waals surface area contributed by atoms with E-state index < -0.39 is 23.5 Å². The smallest absolute Gasteiger partial charge is 0.331 e. The number of anilines is 2. The van der Waals surface area contributed by atoms with Crippen LogP contribution in [0.5, 0.6) is 0 Å². The number of nitrogens with one attached hydrogen (secondary N) is 2. The summed E-state index contributed by atoms with van der Waals surface area (Å²) in [7, 11) is 0. The molecule has 1 aliphatic heterocycles. The zero-order valence-corrected chi connectivity index (χ0v) is 18.6. The number of ether oxygens (including phenoxy) is 1. The second-order valence-corrected chi connectivity index (χ2v) is 8.62. The molecular weight excluding hydrogens is 422 g/mol. The van der Waals surface area contributed by atoms with Gasteiger partial charge < -0.3 is 15.0 Å². The van der Waals surface area contributed by atoms with Gasteiger partial charge in [0.05, 0.1) is 11.4 Å². The minimum Gasteiger partial charge on any atom is -0.458 e. The van der Waals surface area contributed by atoms with Gasteiger partial charge in [-0.15, -0.1) is 0 Å². The van der Waals surface area contributed by atoms with Gasteiger partial charge in [0.2, 0.25) is 0 Å². The van der Waals surface area contributed by atoms with Gasteiger partial charge in [-0.25, -0.2) is 9.59 Å². The molecule has 0 fully saturated rings. The zero-order chi connectivity index (χ0) is 23.6. The number of hydrogen-bond acceptors (Lipinski definition) is 6. The molecule has 2 heterocycles. The van der Waals surface area contributed by atoms with Gasteiger partial charge >= 0.3 is 11.7 Å². The zero-order valence-electron chi connectivity index (χ0n) is 18.6. The molecule has 1 atom stereocenters. The van der Waals surface area contributed by atoms with Crippen molar-refractivity contribution in [2.24, 2.45) is 5.10 Å². The Labute approximate surface area is 190 Å². The normalized spacial score (nSPS) is 15.8. The summed E-state index contributed by atoms with van der Waals surface area (Å²) in [6.45, 7) is 5.39. The number of imidazole rings is 1. The Balaban J connectivity index is 1.57. The van der Waals surface area contributed by atoms with Gasteiger partial charge in [0.15, 0.2) is 6.04 Å². The highest BCUT2D eigenvalue weighted by Crippen LogP contribution is 2.27. The van der Waals surface area contributed by atoms with Crippen LogP contribution in [0.25, 0.3) is 5.69 Å². The van der Waals surface area contributed by atoms with Gasteiger partial charge in [0, 0.05) is 24.5 Å². The lowest BCUT2D eigenvalue weighted by atomic mass is 10.1. The minimum atomic E-state index is -0.753. The highest BCUT2D eigenvalue weighted by molar-refractivity contribution is 6.44. The second-order valence-electron chi connectivity index (χ2n) is 8.62. The molecule has 33 heavy (non-hydrogen) atoms. The number of para-hydroxylation sites is 1. The number of rotatable bonds is 5. The highest BCUT2D eigenvalue weighted by atomic mass is 16.6. The predicted octanol–water partition coefficient (Wildman–Crippen LogP) is 3.08. The summed E-state index contributed by atoms with van der Waals surface area (Å²) in [5.41, 5.74) is 1.05. The largest absolute Gasteiger partial charge is 0.458 e. The molecule has 0 bridgehead atoms. The van der Waals surface area contributed by atoms with Crippen LogP contribution in [-0.2, 0) is 14.3 Å². The van der Waals surface area contributed by atoms with Crippen LogP contribution < -0.4 is 16.0 Å². The lowest BCUT2D eigenvalue weighted by molar-refractivity contribution is -0.156. The highest BCUT2D eigenvalue weighted by Gasteiger charge is 2.38. The lowest BCUT2D eigenvalue weighted by Crippen LogP contribution is -2.40. The van der Waals surface area contributed by atoms with E-state index in [0.717, 1.165) is 0 Å². The Morgan fingerprint density at radius 2 is 1.82 bits per heavy atom. The van der Waals surface area contributed by atoms with Crippen LogP contribution in [0.1, 0.15) is 27.2 Å². The van der Waals surface area contributed by atoms with E-state index in [1.54, 1.807) is 51.2 Å². The van der Waals surface area contributed by atoms with Crippen molar-refractivity contribution in [1.82, 2.24) is 9.55 Å². The summed E-state index contributed by atoms with van der Waals surface area (Å²) in [4.78, 5) is 40.3. The molecule has 1 unspecified atom stereocenters. The van der Waals surface area contributed by atoms with Gasteiger partial charge in [0.1, 0.15) is 11.3 Å². The fourth-order valence-corrected chi connectivity index (χ4v) is 3.48. The Bertz CT molecular complexity index is 1250. The molecule has 1 aliphatic rings. The van der Waals surface area contributed by atoms with Gasteiger partial charge in [-0.1, -0.05) is 24.3 Å². The molecule has 3 aromatic rings. The number of H-pyrrole nitrogens is 1. The Hall–Kier alpha value is -4.14. The number of carbonyl (C=O) groups excluding carboxylic acids is 2. The maximum atomic E-state index is 13.0. The topological polar surface area (TPSA) is 109 Å². The van der Waals surface area contributed by atoms with E-state index in [1.807, 2.05) is 30.3 Å². The molecule has 1 aromatic heterocycles. The summed E-state index contributed by atoms with van der Waals surface area (Å²) < 4.78 is 7.00. The van der Waals surface area contributed by atoms with Crippen LogP contribution in [0.3, 0.4) is 0 Å². The van der Waals surface area contributed by atoms with Gasteiger partial charge in [-0.3, -0.25) is 14.4 Å². The van der Waals surface area contributed by atoms with E-state index >= 15 is 0 Å². The summed E-state index contributed by atoms with van der Waals surface area (Å²) in [5.74, 6) is -0.882. The quantitative estimate of drug-likeness (QED) is 0.585. The number of hydrogen-bond donors (Lipinski definition) is 2. The molecule has 0 radical (unpaired) electrons. The van der Waals surface area contributed by atoms with Crippen molar-refractivity contribution in [2.75, 3.05) is 10.3 Å². The van der Waals surface area contributed by atoms with Gasteiger partial charge in [0.25, 0.3) is 5.91 Å². The van der Waals surface area contributed by atoms with E-state index in [2.05, 4.69) is 15.4 Å². The Kier molecular flexibility index (Phi) is 5.87. The summed E-state index contributed by atoms with van der Waals surface area (Å²) in [6.07, 6.45) is 3.25. The number of carbonyl (C=O) groups is 2. The monoisotopic (exact) mass is 447 g/mol. The van der Waals surface area contributed by atoms with Gasteiger partial charge in [-0.05, 0) is 51.1 Å². The number of nitrogens with zero attached hydrogens (tertiary/aromatic N) is 3. The molecular formula is C24H25N5O4. The van der Waals surface area contributed by atoms with Crippen molar-refractivity contribution in [3.63, 3.8) is 0 Å². The standard InChI is InChI=1S/C24H25N5O4/c1-24(2,3)33-22(31)20-15-19(27-29(20)17-9-5-4-6-10-17)21(30)26-16-8-7-11-18(14-16)28-13-12-25-23(28)32/h4-14,20H,15H2,1-3H3,(H,25,32)(H,26,30). The van der Waals surface area contributed by atoms with E-state index in [0.29, 0.717) is 17.1 Å². The van der Waals surface area contributed by atoms with Crippen molar-refractivity contribution >= 4 is 29.0 Å². The third-order valence-corrected chi connectivity index (χ3v) is 4.90. The fourth-order valence-electron chi connectivity index (χ4n) is 3.48. The fraction of sp³-hybridized carbons (Fsp3) is 0.250. The average molecular weight is 447 g/mol. The van der Waals surface area contributed by atoms with Crippen LogP contribution in [0.15, 0.2) is 76.9 Å². The van der Waals surface area contributed by atoms with E-state index in [-0.39, 0.29) is 17.8 Å². The maximum absolute atomic E-state index is 13.0. The van der Waals surface area contributed by atoms with Gasteiger partial charge in [-0.2, -0.15) is 5.10 Å². The number of amides is 1. The third-order valence-electron chi connectivity index (χ3n) is 4.90. The van der Waals surface area contributed by atoms with E-state index in [1.165, 1.54) is 15.8 Å². The van der Waals surface area contributed by atoms with Crippen molar-refractivity contribution < 1.29 is 14.3 Å². The van der Waals surface area contributed by atoms with Crippen molar-refractivity contribution in [3.8, 4) is 5.69 Å². The molecule has 2 aromatic carbocycles. The first-order valence-electron chi connectivity index (χ1n) is 10.5. The number of esters is 1. The SMILES string of the molecule is CC(C)(C)OC(=O)C1CC(C(=O)Nc2cccc(-n3cc[nH]c3=O)c2)=NN1c1ccccc1. The first kappa shape index (κ1) is 22.1. The molecule has 2 N–H and O–H groups in total. The maximum Gasteiger partial charge on any atom is 0.331 e. The van der Waals surface area contributed by atoms with Crippen LogP contribution in [0.2, 0.25) is 0 Å². The van der Waals surface area contributed by atoms with E-state index in [9.17, 15) is 14.4 Å². The number of aromatic nitrogens is 2. The lowest BCUT2D eigenvalue weighted by Gasteiger charge is -2.26. The molecule has 0 spiro atoms. The molecule has 170 valence electrons. The van der Waals surface area contributed by atoms with Crippen LogP contribution in [0.4, 0.5) is 11.4 Å². The predicted molar refractivity (Wildman–Crippen MR) is 126 cm³/mol. The minimum absolute atomic E-state index is 0.104. The molecule has 0 aliphatic carbocycles. The molecule has 4 rings (SSSR count). The summed E-state index contributed by atoms with van der Waals surface area (Å²) in [5, 5.41) is 8.79. The van der Waals surface area contributed by atoms with Crippen LogP contribution >= 0.6 is 0 Å². The van der Waals surface area contributed by atoms with E-state index in [4.69, 9.17) is 4.74 Å². The number of aromatic amines is 1.